The van der Waals surface area contributed by atoms with Gasteiger partial charge in [-0.2, -0.15) is 8.75 Å². The topological polar surface area (TPSA) is 66.9 Å². The summed E-state index contributed by atoms with van der Waals surface area (Å²) in [5.74, 6) is -0.250. The maximum absolute atomic E-state index is 12.7. The zero-order chi connectivity index (χ0) is 18.1. The molecular formula is C19H14N4OS2. The number of benzene rings is 3. The molecule has 0 saturated heterocycles. The fourth-order valence-electron chi connectivity index (χ4n) is 2.85. The minimum absolute atomic E-state index is 0.228. The van der Waals surface area contributed by atoms with Gasteiger partial charge in [0.25, 0.3) is 5.91 Å². The van der Waals surface area contributed by atoms with Gasteiger partial charge in [-0.3, -0.25) is 10.1 Å². The Labute approximate surface area is 159 Å². The molecule has 0 radical (unpaired) electrons. The number of thiocarbonyl (C=S) groups is 1. The number of amides is 1. The van der Waals surface area contributed by atoms with Crippen LogP contribution in [0.15, 0.2) is 54.6 Å². The Morgan fingerprint density at radius 2 is 1.85 bits per heavy atom. The van der Waals surface area contributed by atoms with Crippen molar-refractivity contribution in [2.45, 2.75) is 6.92 Å². The van der Waals surface area contributed by atoms with Crippen molar-refractivity contribution < 1.29 is 4.79 Å². The van der Waals surface area contributed by atoms with Gasteiger partial charge in [-0.1, -0.05) is 42.5 Å². The second-order valence-corrected chi connectivity index (χ2v) is 6.76. The van der Waals surface area contributed by atoms with Gasteiger partial charge in [0.2, 0.25) is 0 Å². The van der Waals surface area contributed by atoms with E-state index in [4.69, 9.17) is 12.2 Å². The fraction of sp³-hybridized carbons (Fsp3) is 0.0526. The summed E-state index contributed by atoms with van der Waals surface area (Å²) in [4.78, 5) is 12.7. The summed E-state index contributed by atoms with van der Waals surface area (Å²) in [6.07, 6.45) is 0. The SMILES string of the molecule is Cc1ccc2nsnc2c1NC(=S)NC(=O)c1cccc2ccccc12. The number of nitrogens with zero attached hydrogens (tertiary/aromatic N) is 2. The molecule has 1 amide bonds. The maximum atomic E-state index is 12.7. The van der Waals surface area contributed by atoms with Crippen LogP contribution >= 0.6 is 23.9 Å². The maximum Gasteiger partial charge on any atom is 0.258 e. The van der Waals surface area contributed by atoms with Crippen LogP contribution in [-0.4, -0.2) is 19.8 Å². The Kier molecular flexibility index (Phi) is 4.32. The molecule has 0 spiro atoms. The average molecular weight is 378 g/mol. The molecule has 5 nitrogen and oxygen atoms in total. The van der Waals surface area contributed by atoms with Crippen molar-refractivity contribution in [2.75, 3.05) is 5.32 Å². The van der Waals surface area contributed by atoms with Gasteiger partial charge in [-0.05, 0) is 47.6 Å². The second kappa shape index (κ2) is 6.78. The predicted molar refractivity (Wildman–Crippen MR) is 110 cm³/mol. The van der Waals surface area contributed by atoms with Crippen molar-refractivity contribution in [2.24, 2.45) is 0 Å². The standard InChI is InChI=1S/C19H14N4OS2/c1-11-9-10-15-17(23-26-22-15)16(11)20-19(25)21-18(24)14-8-4-6-12-5-2-3-7-13(12)14/h2-10H,1H3,(H2,20,21,24,25). The molecular weight excluding hydrogens is 364 g/mol. The van der Waals surface area contributed by atoms with Crippen LogP contribution in [0.1, 0.15) is 15.9 Å². The van der Waals surface area contributed by atoms with E-state index in [1.54, 1.807) is 6.07 Å². The van der Waals surface area contributed by atoms with Crippen LogP contribution in [0.3, 0.4) is 0 Å². The fourth-order valence-corrected chi connectivity index (χ4v) is 3.59. The van der Waals surface area contributed by atoms with E-state index in [1.165, 1.54) is 0 Å². The van der Waals surface area contributed by atoms with Crippen LogP contribution in [0.4, 0.5) is 5.69 Å². The lowest BCUT2D eigenvalue weighted by molar-refractivity contribution is 0.0979. The van der Waals surface area contributed by atoms with Crippen LogP contribution in [0.25, 0.3) is 21.8 Å². The average Bonchev–Trinajstić information content (AvgIpc) is 3.12. The van der Waals surface area contributed by atoms with Crippen molar-refractivity contribution >= 4 is 62.5 Å². The van der Waals surface area contributed by atoms with E-state index in [2.05, 4.69) is 19.4 Å². The number of carbonyl (C=O) groups excluding carboxylic acids is 1. The first-order chi connectivity index (χ1) is 12.6. The first-order valence-electron chi connectivity index (χ1n) is 7.95. The zero-order valence-electron chi connectivity index (χ0n) is 13.8. The molecule has 2 N–H and O–H groups in total. The lowest BCUT2D eigenvalue weighted by Crippen LogP contribution is -2.34. The van der Waals surface area contributed by atoms with Crippen molar-refractivity contribution in [3.05, 3.63) is 65.7 Å². The lowest BCUT2D eigenvalue weighted by Gasteiger charge is -2.13. The van der Waals surface area contributed by atoms with Gasteiger partial charge in [0.05, 0.1) is 17.4 Å². The molecule has 0 unspecified atom stereocenters. The first kappa shape index (κ1) is 16.6. The van der Waals surface area contributed by atoms with E-state index in [0.29, 0.717) is 5.56 Å². The largest absolute Gasteiger partial charge is 0.330 e. The summed E-state index contributed by atoms with van der Waals surface area (Å²) in [6.45, 7) is 1.95. The Morgan fingerprint density at radius 3 is 2.73 bits per heavy atom. The molecule has 4 aromatic rings. The van der Waals surface area contributed by atoms with Crippen LogP contribution < -0.4 is 10.6 Å². The molecule has 0 saturated carbocycles. The molecule has 1 heterocycles. The minimum Gasteiger partial charge on any atom is -0.330 e. The van der Waals surface area contributed by atoms with Crippen molar-refractivity contribution in [1.29, 1.82) is 0 Å². The molecule has 0 aliphatic carbocycles. The minimum atomic E-state index is -0.250. The zero-order valence-corrected chi connectivity index (χ0v) is 15.4. The third-order valence-corrected chi connectivity index (χ3v) is 4.88. The Morgan fingerprint density at radius 1 is 1.04 bits per heavy atom. The summed E-state index contributed by atoms with van der Waals surface area (Å²) in [6, 6.07) is 17.2. The highest BCUT2D eigenvalue weighted by molar-refractivity contribution is 7.80. The van der Waals surface area contributed by atoms with E-state index in [1.807, 2.05) is 55.5 Å². The second-order valence-electron chi connectivity index (χ2n) is 5.82. The van der Waals surface area contributed by atoms with Crippen molar-refractivity contribution in [3.8, 4) is 0 Å². The number of nitrogens with one attached hydrogen (secondary N) is 2. The molecule has 0 aliphatic heterocycles. The summed E-state index contributed by atoms with van der Waals surface area (Å²) in [5, 5.41) is 7.97. The number of aromatic nitrogens is 2. The Bertz CT molecular complexity index is 1150. The summed E-state index contributed by atoms with van der Waals surface area (Å²) < 4.78 is 8.54. The molecule has 0 atom stereocenters. The lowest BCUT2D eigenvalue weighted by atomic mass is 10.0. The monoisotopic (exact) mass is 378 g/mol. The molecule has 4 rings (SSSR count). The normalized spacial score (nSPS) is 10.8. The van der Waals surface area contributed by atoms with Gasteiger partial charge in [-0.25, -0.2) is 0 Å². The van der Waals surface area contributed by atoms with Gasteiger partial charge in [0.15, 0.2) is 5.11 Å². The third kappa shape index (κ3) is 3.02. The van der Waals surface area contributed by atoms with Crippen molar-refractivity contribution in [3.63, 3.8) is 0 Å². The molecule has 7 heteroatoms. The molecule has 0 aliphatic rings. The highest BCUT2D eigenvalue weighted by Gasteiger charge is 2.14. The third-order valence-electron chi connectivity index (χ3n) is 4.14. The molecule has 1 aromatic heterocycles. The van der Waals surface area contributed by atoms with Crippen molar-refractivity contribution in [1.82, 2.24) is 14.1 Å². The molecule has 0 bridgehead atoms. The van der Waals surface area contributed by atoms with E-state index < -0.39 is 0 Å². The Balaban J connectivity index is 1.59. The smallest absolute Gasteiger partial charge is 0.258 e. The van der Waals surface area contributed by atoms with Gasteiger partial charge >= 0.3 is 0 Å². The van der Waals surface area contributed by atoms with Crippen LogP contribution in [0.5, 0.6) is 0 Å². The van der Waals surface area contributed by atoms with E-state index in [9.17, 15) is 4.79 Å². The number of fused-ring (bicyclic) bond motifs is 2. The Hall–Kier alpha value is -2.90. The highest BCUT2D eigenvalue weighted by atomic mass is 32.1. The summed E-state index contributed by atoms with van der Waals surface area (Å²) >= 11 is 6.49. The van der Waals surface area contributed by atoms with Crippen LogP contribution in [-0.2, 0) is 0 Å². The van der Waals surface area contributed by atoms with Gasteiger partial charge in [0, 0.05) is 5.56 Å². The summed E-state index contributed by atoms with van der Waals surface area (Å²) in [7, 11) is 0. The van der Waals surface area contributed by atoms with E-state index in [0.717, 1.165) is 44.8 Å². The molecule has 26 heavy (non-hydrogen) atoms. The van der Waals surface area contributed by atoms with E-state index in [-0.39, 0.29) is 11.0 Å². The van der Waals surface area contributed by atoms with E-state index >= 15 is 0 Å². The number of rotatable bonds is 2. The molecule has 128 valence electrons. The number of hydrogen-bond donors (Lipinski definition) is 2. The molecule has 3 aromatic carbocycles. The first-order valence-corrected chi connectivity index (χ1v) is 9.09. The van der Waals surface area contributed by atoms with Gasteiger partial charge in [0.1, 0.15) is 11.0 Å². The summed E-state index contributed by atoms with van der Waals surface area (Å²) in [5.41, 5.74) is 3.87. The van der Waals surface area contributed by atoms with Crippen LogP contribution in [0, 0.1) is 6.92 Å². The number of hydrogen-bond acceptors (Lipinski definition) is 5. The van der Waals surface area contributed by atoms with Crippen LogP contribution in [0.2, 0.25) is 0 Å². The van der Waals surface area contributed by atoms with Gasteiger partial charge < -0.3 is 5.32 Å². The number of carbonyl (C=O) groups is 1. The number of aryl methyl sites for hydroxylation is 1. The predicted octanol–water partition coefficient (Wildman–Crippen LogP) is 4.28. The number of anilines is 1. The molecule has 0 fully saturated rings. The quantitative estimate of drug-likeness (QED) is 0.510. The van der Waals surface area contributed by atoms with Gasteiger partial charge in [-0.15, -0.1) is 0 Å². The highest BCUT2D eigenvalue weighted by Crippen LogP contribution is 2.25.